The van der Waals surface area contributed by atoms with Crippen molar-refractivity contribution < 1.29 is 18.9 Å². The topological polar surface area (TPSA) is 55.4 Å². The van der Waals surface area contributed by atoms with Crippen LogP contribution in [-0.4, -0.2) is 71.3 Å². The molecule has 1 N–H and O–H groups in total. The Balaban J connectivity index is 1.06. The Hall–Kier alpha value is -3.26. The standard InChI is InChI=1S/C35H45N3O4/c1-26-21-31(24-38(26)29-7-4-3-5-8-29)42-30-12-10-28(11-13-30)32-15-16-36-23-35(32)41-25-27-9-14-34-33(22-27)37(18-20-40-34)17-6-19-39-2/h3-5,7-14,22,26,31-32,35-36H,6,15-21,23-25H2,1-2H3/t26-,31-,32?,35?/m0/s1. The number of para-hydroxylation sites is 1. The summed E-state index contributed by atoms with van der Waals surface area (Å²) in [5.41, 5.74) is 4.93. The molecule has 7 heteroatoms. The van der Waals surface area contributed by atoms with Crippen molar-refractivity contribution in [3.05, 3.63) is 83.9 Å². The summed E-state index contributed by atoms with van der Waals surface area (Å²) in [6.45, 7) is 9.01. The molecular formula is C35H45N3O4. The third-order valence-electron chi connectivity index (χ3n) is 8.89. The summed E-state index contributed by atoms with van der Waals surface area (Å²) in [5.74, 6) is 2.26. The van der Waals surface area contributed by atoms with Gasteiger partial charge in [0.25, 0.3) is 0 Å². The van der Waals surface area contributed by atoms with Crippen molar-refractivity contribution in [2.24, 2.45) is 0 Å². The van der Waals surface area contributed by atoms with Gasteiger partial charge in [-0.05, 0) is 73.8 Å². The van der Waals surface area contributed by atoms with Gasteiger partial charge in [0.15, 0.2) is 0 Å². The molecule has 42 heavy (non-hydrogen) atoms. The smallest absolute Gasteiger partial charge is 0.142 e. The van der Waals surface area contributed by atoms with Crippen LogP contribution >= 0.6 is 0 Å². The number of ether oxygens (including phenoxy) is 4. The highest BCUT2D eigenvalue weighted by molar-refractivity contribution is 5.61. The van der Waals surface area contributed by atoms with E-state index >= 15 is 0 Å². The fourth-order valence-corrected chi connectivity index (χ4v) is 6.66. The van der Waals surface area contributed by atoms with Crippen LogP contribution in [0.15, 0.2) is 72.8 Å². The molecule has 6 rings (SSSR count). The van der Waals surface area contributed by atoms with Gasteiger partial charge in [0.2, 0.25) is 0 Å². The van der Waals surface area contributed by atoms with E-state index in [4.69, 9.17) is 18.9 Å². The zero-order valence-electron chi connectivity index (χ0n) is 25.0. The van der Waals surface area contributed by atoms with E-state index < -0.39 is 0 Å². The van der Waals surface area contributed by atoms with Crippen LogP contribution in [-0.2, 0) is 16.1 Å². The lowest BCUT2D eigenvalue weighted by Gasteiger charge is -2.33. The van der Waals surface area contributed by atoms with Crippen LogP contribution in [0.2, 0.25) is 0 Å². The summed E-state index contributed by atoms with van der Waals surface area (Å²) in [7, 11) is 1.76. The van der Waals surface area contributed by atoms with Gasteiger partial charge in [0, 0.05) is 50.9 Å². The van der Waals surface area contributed by atoms with Gasteiger partial charge in [-0.1, -0.05) is 36.4 Å². The van der Waals surface area contributed by atoms with Crippen molar-refractivity contribution >= 4 is 11.4 Å². The van der Waals surface area contributed by atoms with Gasteiger partial charge in [0.05, 0.1) is 31.5 Å². The van der Waals surface area contributed by atoms with Gasteiger partial charge in [-0.3, -0.25) is 0 Å². The second kappa shape index (κ2) is 13.8. The highest BCUT2D eigenvalue weighted by Crippen LogP contribution is 2.35. The Morgan fingerprint density at radius 1 is 1.02 bits per heavy atom. The molecular weight excluding hydrogens is 526 g/mol. The predicted molar refractivity (Wildman–Crippen MR) is 168 cm³/mol. The third kappa shape index (κ3) is 6.86. The Bertz CT molecular complexity index is 1270. The first-order valence-electron chi connectivity index (χ1n) is 15.6. The average Bonchev–Trinajstić information content (AvgIpc) is 3.40. The van der Waals surface area contributed by atoms with Crippen LogP contribution in [0.4, 0.5) is 11.4 Å². The van der Waals surface area contributed by atoms with Crippen LogP contribution in [0, 0.1) is 0 Å². The second-order valence-electron chi connectivity index (χ2n) is 11.8. The quantitative estimate of drug-likeness (QED) is 0.300. The molecule has 3 aromatic carbocycles. The van der Waals surface area contributed by atoms with Crippen LogP contribution in [0.5, 0.6) is 11.5 Å². The Kier molecular flexibility index (Phi) is 9.48. The van der Waals surface area contributed by atoms with Crippen LogP contribution in [0.25, 0.3) is 0 Å². The molecule has 224 valence electrons. The molecule has 0 aromatic heterocycles. The van der Waals surface area contributed by atoms with Crippen molar-refractivity contribution in [1.82, 2.24) is 5.32 Å². The summed E-state index contributed by atoms with van der Waals surface area (Å²) < 4.78 is 24.2. The minimum Gasteiger partial charge on any atom is -0.490 e. The maximum absolute atomic E-state index is 6.59. The highest BCUT2D eigenvalue weighted by Gasteiger charge is 2.31. The molecule has 3 aliphatic rings. The molecule has 2 unspecified atom stereocenters. The minimum atomic E-state index is 0.116. The normalized spacial score (nSPS) is 23.9. The lowest BCUT2D eigenvalue weighted by molar-refractivity contribution is 0.0106. The number of hydrogen-bond acceptors (Lipinski definition) is 7. The van der Waals surface area contributed by atoms with Gasteiger partial charge >= 0.3 is 0 Å². The number of hydrogen-bond donors (Lipinski definition) is 1. The molecule has 0 spiro atoms. The van der Waals surface area contributed by atoms with E-state index in [1.807, 2.05) is 0 Å². The summed E-state index contributed by atoms with van der Waals surface area (Å²) in [5, 5.41) is 3.54. The summed E-state index contributed by atoms with van der Waals surface area (Å²) >= 11 is 0. The van der Waals surface area contributed by atoms with E-state index in [0.29, 0.717) is 18.6 Å². The maximum atomic E-state index is 6.59. The number of methoxy groups -OCH3 is 1. The first-order chi connectivity index (χ1) is 20.7. The van der Waals surface area contributed by atoms with Gasteiger partial charge in [-0.15, -0.1) is 0 Å². The first kappa shape index (κ1) is 28.8. The lowest BCUT2D eigenvalue weighted by atomic mass is 9.87. The van der Waals surface area contributed by atoms with Crippen LogP contribution in [0.3, 0.4) is 0 Å². The molecule has 0 bridgehead atoms. The number of fused-ring (bicyclic) bond motifs is 1. The Labute approximate surface area is 250 Å². The van der Waals surface area contributed by atoms with Gasteiger partial charge in [-0.25, -0.2) is 0 Å². The van der Waals surface area contributed by atoms with Gasteiger partial charge in [-0.2, -0.15) is 0 Å². The highest BCUT2D eigenvalue weighted by atomic mass is 16.5. The van der Waals surface area contributed by atoms with Crippen LogP contribution in [0.1, 0.15) is 43.2 Å². The molecule has 7 nitrogen and oxygen atoms in total. The fraction of sp³-hybridized carbons (Fsp3) is 0.486. The lowest BCUT2D eigenvalue weighted by Crippen LogP contribution is -2.41. The van der Waals surface area contributed by atoms with E-state index in [0.717, 1.165) is 82.4 Å². The Morgan fingerprint density at radius 3 is 2.71 bits per heavy atom. The second-order valence-corrected chi connectivity index (χ2v) is 11.8. The molecule has 3 aromatic rings. The maximum Gasteiger partial charge on any atom is 0.142 e. The number of benzene rings is 3. The molecule has 0 aliphatic carbocycles. The summed E-state index contributed by atoms with van der Waals surface area (Å²) in [6.07, 6.45) is 3.40. The molecule has 2 saturated heterocycles. The molecule has 3 heterocycles. The number of anilines is 2. The minimum absolute atomic E-state index is 0.116. The van der Waals surface area contributed by atoms with E-state index in [2.05, 4.69) is 94.8 Å². The molecule has 0 amide bonds. The number of nitrogens with zero attached hydrogens (tertiary/aromatic N) is 2. The zero-order valence-corrected chi connectivity index (χ0v) is 25.0. The van der Waals surface area contributed by atoms with E-state index in [1.54, 1.807) is 7.11 Å². The van der Waals surface area contributed by atoms with Crippen LogP contribution < -0.4 is 24.6 Å². The third-order valence-corrected chi connectivity index (χ3v) is 8.89. The number of rotatable bonds is 11. The molecule has 0 saturated carbocycles. The largest absolute Gasteiger partial charge is 0.490 e. The molecule has 2 fully saturated rings. The Morgan fingerprint density at radius 2 is 1.88 bits per heavy atom. The first-order valence-corrected chi connectivity index (χ1v) is 15.6. The fourth-order valence-electron chi connectivity index (χ4n) is 6.66. The van der Waals surface area contributed by atoms with E-state index in [1.165, 1.54) is 16.8 Å². The molecule has 3 aliphatic heterocycles. The van der Waals surface area contributed by atoms with E-state index in [9.17, 15) is 0 Å². The zero-order chi connectivity index (χ0) is 28.7. The molecule has 4 atom stereocenters. The van der Waals surface area contributed by atoms with Crippen molar-refractivity contribution in [2.45, 2.75) is 57.0 Å². The summed E-state index contributed by atoms with van der Waals surface area (Å²) in [6, 6.07) is 26.3. The van der Waals surface area contributed by atoms with Gasteiger partial charge in [0.1, 0.15) is 24.2 Å². The summed E-state index contributed by atoms with van der Waals surface area (Å²) in [4.78, 5) is 4.85. The predicted octanol–water partition coefficient (Wildman–Crippen LogP) is 5.63. The number of piperidine rings is 1. The van der Waals surface area contributed by atoms with Crippen molar-refractivity contribution in [2.75, 3.05) is 62.8 Å². The van der Waals surface area contributed by atoms with Crippen molar-refractivity contribution in [3.63, 3.8) is 0 Å². The van der Waals surface area contributed by atoms with E-state index in [-0.39, 0.29) is 12.2 Å². The molecule has 0 radical (unpaired) electrons. The van der Waals surface area contributed by atoms with Crippen molar-refractivity contribution in [3.8, 4) is 11.5 Å². The average molecular weight is 572 g/mol. The van der Waals surface area contributed by atoms with Crippen molar-refractivity contribution in [1.29, 1.82) is 0 Å². The SMILES string of the molecule is COCCCN1CCOc2ccc(COC3CNCCC3c3ccc(O[C@H]4C[C@H](C)N(c5ccccc5)C4)cc3)cc21. The monoisotopic (exact) mass is 571 g/mol. The number of nitrogens with one attached hydrogen (secondary N) is 1. The van der Waals surface area contributed by atoms with Gasteiger partial charge < -0.3 is 34.1 Å².